The summed E-state index contributed by atoms with van der Waals surface area (Å²) in [4.78, 5) is 17.8. The minimum absolute atomic E-state index is 0.0507. The van der Waals surface area contributed by atoms with Crippen LogP contribution in [0, 0.1) is 5.92 Å². The number of carbonyl (C=O) groups is 1. The number of nitrogens with zero attached hydrogens (tertiary/aromatic N) is 3. The Hall–Kier alpha value is -2.62. The van der Waals surface area contributed by atoms with Crippen LogP contribution in [0.5, 0.6) is 5.75 Å². The van der Waals surface area contributed by atoms with Crippen LogP contribution in [0.25, 0.3) is 0 Å². The SMILES string of the molecule is CC(C)C1CC(c2nc(CCCCOc3ccc(S(C)(=O)=O)cc3)no2)CCN1C(=O)O. The second-order valence-electron chi connectivity index (χ2n) is 8.61. The van der Waals surface area contributed by atoms with Crippen LogP contribution in [-0.2, 0) is 16.3 Å². The van der Waals surface area contributed by atoms with E-state index >= 15 is 0 Å². The number of amides is 1. The van der Waals surface area contributed by atoms with E-state index in [1.165, 1.54) is 23.3 Å². The molecule has 9 nitrogen and oxygen atoms in total. The van der Waals surface area contributed by atoms with Gasteiger partial charge in [0.2, 0.25) is 5.89 Å². The number of ether oxygens (including phenoxy) is 1. The maximum atomic E-state index is 11.5. The number of carboxylic acid groups (broad SMARTS) is 1. The van der Waals surface area contributed by atoms with E-state index in [0.717, 1.165) is 12.8 Å². The predicted octanol–water partition coefficient (Wildman–Crippen LogP) is 3.76. The van der Waals surface area contributed by atoms with Crippen molar-refractivity contribution in [1.29, 1.82) is 0 Å². The Kier molecular flexibility index (Phi) is 7.76. The first-order chi connectivity index (χ1) is 15.1. The number of likely N-dealkylation sites (tertiary alicyclic amines) is 1. The van der Waals surface area contributed by atoms with E-state index in [1.54, 1.807) is 12.1 Å². The Morgan fingerprint density at radius 1 is 1.28 bits per heavy atom. The van der Waals surface area contributed by atoms with Crippen LogP contribution in [0.15, 0.2) is 33.7 Å². The van der Waals surface area contributed by atoms with Crippen LogP contribution in [-0.4, -0.2) is 60.1 Å². The summed E-state index contributed by atoms with van der Waals surface area (Å²) in [6.07, 6.45) is 3.97. The lowest BCUT2D eigenvalue weighted by atomic mass is 9.85. The molecule has 1 amide bonds. The third-order valence-corrected chi connectivity index (χ3v) is 6.94. The third-order valence-electron chi connectivity index (χ3n) is 5.81. The molecule has 0 bridgehead atoms. The van der Waals surface area contributed by atoms with Gasteiger partial charge in [-0.15, -0.1) is 0 Å². The molecule has 10 heteroatoms. The number of unbranched alkanes of at least 4 members (excludes halogenated alkanes) is 1. The van der Waals surface area contributed by atoms with Gasteiger partial charge in [-0.25, -0.2) is 13.2 Å². The number of benzene rings is 1. The first-order valence-electron chi connectivity index (χ1n) is 10.9. The Labute approximate surface area is 188 Å². The number of rotatable bonds is 9. The van der Waals surface area contributed by atoms with Gasteiger partial charge in [0.05, 0.1) is 11.5 Å². The molecule has 0 aliphatic carbocycles. The highest BCUT2D eigenvalue weighted by atomic mass is 32.2. The van der Waals surface area contributed by atoms with E-state index in [9.17, 15) is 18.3 Å². The molecule has 1 aromatic heterocycles. The summed E-state index contributed by atoms with van der Waals surface area (Å²) in [5.74, 6) is 2.18. The zero-order valence-corrected chi connectivity index (χ0v) is 19.5. The van der Waals surface area contributed by atoms with Crippen LogP contribution in [0.3, 0.4) is 0 Å². The lowest BCUT2D eigenvalue weighted by molar-refractivity contribution is 0.0782. The van der Waals surface area contributed by atoms with Crippen molar-refractivity contribution in [2.45, 2.75) is 62.8 Å². The van der Waals surface area contributed by atoms with Gasteiger partial charge in [-0.3, -0.25) is 0 Å². The van der Waals surface area contributed by atoms with Gasteiger partial charge in [-0.05, 0) is 55.9 Å². The highest BCUT2D eigenvalue weighted by Crippen LogP contribution is 2.33. The molecule has 1 N–H and O–H groups in total. The molecule has 2 aromatic rings. The van der Waals surface area contributed by atoms with Gasteiger partial charge in [0.1, 0.15) is 5.75 Å². The average molecular weight is 466 g/mol. The van der Waals surface area contributed by atoms with Crippen molar-refractivity contribution >= 4 is 15.9 Å². The van der Waals surface area contributed by atoms with Gasteiger partial charge < -0.3 is 19.3 Å². The number of piperidine rings is 1. The molecule has 1 aliphatic rings. The van der Waals surface area contributed by atoms with Crippen LogP contribution in [0.1, 0.15) is 57.2 Å². The van der Waals surface area contributed by atoms with Crippen molar-refractivity contribution < 1.29 is 27.6 Å². The van der Waals surface area contributed by atoms with Gasteiger partial charge in [0.15, 0.2) is 15.7 Å². The Morgan fingerprint density at radius 2 is 2.00 bits per heavy atom. The molecule has 0 saturated carbocycles. The van der Waals surface area contributed by atoms with Crippen molar-refractivity contribution in [2.24, 2.45) is 5.92 Å². The fourth-order valence-electron chi connectivity index (χ4n) is 3.98. The van der Waals surface area contributed by atoms with Crippen molar-refractivity contribution in [1.82, 2.24) is 15.0 Å². The molecule has 0 spiro atoms. The molecule has 1 saturated heterocycles. The molecule has 2 unspecified atom stereocenters. The summed E-state index contributed by atoms with van der Waals surface area (Å²) in [6.45, 7) is 5.05. The molecule has 1 fully saturated rings. The normalized spacial score (nSPS) is 19.3. The topological polar surface area (TPSA) is 123 Å². The zero-order chi connectivity index (χ0) is 23.3. The van der Waals surface area contributed by atoms with Gasteiger partial charge in [-0.2, -0.15) is 4.98 Å². The molecule has 0 radical (unpaired) electrons. The third kappa shape index (κ3) is 6.21. The minimum atomic E-state index is -3.21. The van der Waals surface area contributed by atoms with E-state index in [4.69, 9.17) is 9.26 Å². The molecule has 32 heavy (non-hydrogen) atoms. The van der Waals surface area contributed by atoms with Gasteiger partial charge >= 0.3 is 6.09 Å². The molecular formula is C22H31N3O6S. The highest BCUT2D eigenvalue weighted by Gasteiger charge is 2.36. The number of aryl methyl sites for hydroxylation is 1. The number of sulfone groups is 1. The molecule has 1 aliphatic heterocycles. The number of hydrogen-bond donors (Lipinski definition) is 1. The minimum Gasteiger partial charge on any atom is -0.494 e. The van der Waals surface area contributed by atoms with Crippen molar-refractivity contribution in [3.63, 3.8) is 0 Å². The van der Waals surface area contributed by atoms with Crippen LogP contribution < -0.4 is 4.74 Å². The fraction of sp³-hybridized carbons (Fsp3) is 0.591. The van der Waals surface area contributed by atoms with Crippen LogP contribution in [0.2, 0.25) is 0 Å². The quantitative estimate of drug-likeness (QED) is 0.555. The molecule has 1 aromatic carbocycles. The zero-order valence-electron chi connectivity index (χ0n) is 18.7. The van der Waals surface area contributed by atoms with Crippen LogP contribution >= 0.6 is 0 Å². The second-order valence-corrected chi connectivity index (χ2v) is 10.6. The largest absolute Gasteiger partial charge is 0.494 e. The van der Waals surface area contributed by atoms with Gasteiger partial charge in [0, 0.05) is 31.2 Å². The summed E-state index contributed by atoms with van der Waals surface area (Å²) in [7, 11) is -3.21. The lowest BCUT2D eigenvalue weighted by Gasteiger charge is -2.38. The Balaban J connectivity index is 1.43. The predicted molar refractivity (Wildman–Crippen MR) is 118 cm³/mol. The average Bonchev–Trinajstić information content (AvgIpc) is 3.21. The summed E-state index contributed by atoms with van der Waals surface area (Å²) in [5.41, 5.74) is 0. The molecular weight excluding hydrogens is 434 g/mol. The summed E-state index contributed by atoms with van der Waals surface area (Å²) >= 11 is 0. The van der Waals surface area contributed by atoms with Gasteiger partial charge in [-0.1, -0.05) is 19.0 Å². The Morgan fingerprint density at radius 3 is 2.62 bits per heavy atom. The Bertz CT molecular complexity index is 1000. The highest BCUT2D eigenvalue weighted by molar-refractivity contribution is 7.90. The van der Waals surface area contributed by atoms with E-state index in [-0.39, 0.29) is 22.8 Å². The maximum Gasteiger partial charge on any atom is 0.407 e. The van der Waals surface area contributed by atoms with Crippen LogP contribution in [0.4, 0.5) is 4.79 Å². The van der Waals surface area contributed by atoms with Crippen molar-refractivity contribution in [3.05, 3.63) is 36.0 Å². The summed E-state index contributed by atoms with van der Waals surface area (Å²) in [5, 5.41) is 13.5. The summed E-state index contributed by atoms with van der Waals surface area (Å²) in [6, 6.07) is 6.33. The standard InChI is InChI=1S/C22H31N3O6S/c1-15(2)19-14-16(11-12-25(19)22(26)27)21-23-20(24-31-21)6-4-5-13-30-17-7-9-18(10-8-17)32(3,28)29/h7-10,15-16,19H,4-6,11-14H2,1-3H3,(H,26,27). The monoisotopic (exact) mass is 465 g/mol. The molecule has 2 atom stereocenters. The second kappa shape index (κ2) is 10.3. The van der Waals surface area contributed by atoms with E-state index < -0.39 is 15.9 Å². The molecule has 2 heterocycles. The van der Waals surface area contributed by atoms with E-state index in [1.807, 2.05) is 13.8 Å². The van der Waals surface area contributed by atoms with Crippen molar-refractivity contribution in [3.8, 4) is 5.75 Å². The summed E-state index contributed by atoms with van der Waals surface area (Å²) < 4.78 is 34.1. The molecule has 176 valence electrons. The fourth-order valence-corrected chi connectivity index (χ4v) is 4.61. The number of aromatic nitrogens is 2. The smallest absolute Gasteiger partial charge is 0.407 e. The first kappa shape index (κ1) is 24.0. The first-order valence-corrected chi connectivity index (χ1v) is 12.8. The lowest BCUT2D eigenvalue weighted by Crippen LogP contribution is -2.47. The molecule has 3 rings (SSSR count). The van der Waals surface area contributed by atoms with Gasteiger partial charge in [0.25, 0.3) is 0 Å². The van der Waals surface area contributed by atoms with E-state index in [2.05, 4.69) is 10.1 Å². The number of hydrogen-bond acceptors (Lipinski definition) is 7. The van der Waals surface area contributed by atoms with E-state index in [0.29, 0.717) is 49.9 Å². The van der Waals surface area contributed by atoms with Crippen molar-refractivity contribution in [2.75, 3.05) is 19.4 Å². The maximum absolute atomic E-state index is 11.5.